The van der Waals surface area contributed by atoms with Crippen molar-refractivity contribution < 1.29 is 4.79 Å². The number of hydrazone groups is 1. The lowest BCUT2D eigenvalue weighted by molar-refractivity contribution is 0.210. The van der Waals surface area contributed by atoms with Gasteiger partial charge in [0, 0.05) is 5.02 Å². The molecule has 0 aromatic heterocycles. The third-order valence-corrected chi connectivity index (χ3v) is 2.86. The number of amides is 2. The maximum absolute atomic E-state index is 11.1. The van der Waals surface area contributed by atoms with Crippen molar-refractivity contribution >= 4 is 23.3 Å². The third-order valence-electron chi connectivity index (χ3n) is 2.61. The first-order valence-corrected chi connectivity index (χ1v) is 5.49. The number of carbonyl (C=O) groups excluding carboxylic acids is 1. The first-order valence-electron chi connectivity index (χ1n) is 5.11. The van der Waals surface area contributed by atoms with Crippen LogP contribution in [-0.2, 0) is 0 Å². The molecule has 4 N–H and O–H groups in total. The van der Waals surface area contributed by atoms with Crippen LogP contribution in [0.5, 0.6) is 0 Å². The maximum Gasteiger partial charge on any atom is 0.335 e. The van der Waals surface area contributed by atoms with E-state index in [-0.39, 0.29) is 6.54 Å². The number of rotatable bonds is 1. The van der Waals surface area contributed by atoms with Gasteiger partial charge in [-0.15, -0.1) is 0 Å². The summed E-state index contributed by atoms with van der Waals surface area (Å²) in [6.07, 6.45) is 0. The summed E-state index contributed by atoms with van der Waals surface area (Å²) < 4.78 is 0. The molecular formula is C11H13ClN4O. The van der Waals surface area contributed by atoms with E-state index in [0.29, 0.717) is 10.7 Å². The van der Waals surface area contributed by atoms with E-state index >= 15 is 0 Å². The van der Waals surface area contributed by atoms with Gasteiger partial charge in [0.15, 0.2) is 0 Å². The Kier molecular flexibility index (Phi) is 2.81. The van der Waals surface area contributed by atoms with E-state index in [1.807, 2.05) is 19.1 Å². The molecule has 1 heterocycles. The summed E-state index contributed by atoms with van der Waals surface area (Å²) in [7, 11) is 0. The van der Waals surface area contributed by atoms with E-state index in [1.54, 1.807) is 12.1 Å². The van der Waals surface area contributed by atoms with Crippen molar-refractivity contribution in [3.05, 3.63) is 34.9 Å². The molecule has 6 heteroatoms. The second kappa shape index (κ2) is 4.01. The molecule has 1 aromatic rings. The van der Waals surface area contributed by atoms with Gasteiger partial charge in [-0.1, -0.05) is 23.7 Å². The lowest BCUT2D eigenvalue weighted by Gasteiger charge is -2.20. The fraction of sp³-hybridized carbons (Fsp3) is 0.273. The molecular weight excluding hydrogens is 240 g/mol. The van der Waals surface area contributed by atoms with Gasteiger partial charge in [0.1, 0.15) is 0 Å². The zero-order valence-corrected chi connectivity index (χ0v) is 10.1. The number of hydrogen-bond acceptors (Lipinski definition) is 3. The van der Waals surface area contributed by atoms with E-state index in [0.717, 1.165) is 5.56 Å². The summed E-state index contributed by atoms with van der Waals surface area (Å²) in [5, 5.41) is 5.96. The quantitative estimate of drug-likeness (QED) is 0.786. The first kappa shape index (κ1) is 11.9. The van der Waals surface area contributed by atoms with Crippen molar-refractivity contribution in [2.45, 2.75) is 12.5 Å². The van der Waals surface area contributed by atoms with Crippen LogP contribution in [0.3, 0.4) is 0 Å². The standard InChI is InChI=1S/C11H13ClN4O/c1-11(14)6-16(10(13)17)15-9(11)7-2-4-8(12)5-3-7/h2-5H,6,14H2,1H3,(H2,13,17). The highest BCUT2D eigenvalue weighted by Gasteiger charge is 2.37. The second-order valence-corrected chi connectivity index (χ2v) is 4.71. The van der Waals surface area contributed by atoms with E-state index in [4.69, 9.17) is 23.1 Å². The minimum atomic E-state index is -0.705. The number of nitrogens with two attached hydrogens (primary N) is 2. The average molecular weight is 253 g/mol. The zero-order chi connectivity index (χ0) is 12.6. The molecule has 90 valence electrons. The Morgan fingerprint density at radius 1 is 1.47 bits per heavy atom. The minimum Gasteiger partial charge on any atom is -0.350 e. The molecule has 0 saturated carbocycles. The zero-order valence-electron chi connectivity index (χ0n) is 9.35. The molecule has 0 spiro atoms. The number of benzene rings is 1. The highest BCUT2D eigenvalue weighted by atomic mass is 35.5. The SMILES string of the molecule is CC1(N)CN(C(N)=O)N=C1c1ccc(Cl)cc1. The number of nitrogens with zero attached hydrogens (tertiary/aromatic N) is 2. The van der Waals surface area contributed by atoms with Crippen molar-refractivity contribution in [3.63, 3.8) is 0 Å². The van der Waals surface area contributed by atoms with E-state index < -0.39 is 11.6 Å². The summed E-state index contributed by atoms with van der Waals surface area (Å²) in [4.78, 5) is 11.1. The summed E-state index contributed by atoms with van der Waals surface area (Å²) >= 11 is 5.81. The highest BCUT2D eigenvalue weighted by molar-refractivity contribution is 6.30. The molecule has 2 rings (SSSR count). The molecule has 5 nitrogen and oxygen atoms in total. The van der Waals surface area contributed by atoms with Crippen LogP contribution in [0.1, 0.15) is 12.5 Å². The van der Waals surface area contributed by atoms with Crippen molar-refractivity contribution in [1.82, 2.24) is 5.01 Å². The smallest absolute Gasteiger partial charge is 0.335 e. The van der Waals surface area contributed by atoms with Crippen LogP contribution >= 0.6 is 11.6 Å². The number of urea groups is 1. The van der Waals surface area contributed by atoms with Gasteiger partial charge in [0.2, 0.25) is 0 Å². The van der Waals surface area contributed by atoms with Crippen LogP contribution in [-0.4, -0.2) is 28.8 Å². The van der Waals surface area contributed by atoms with Crippen LogP contribution < -0.4 is 11.5 Å². The lowest BCUT2D eigenvalue weighted by Crippen LogP contribution is -2.48. The normalized spacial score (nSPS) is 23.7. The predicted octanol–water partition coefficient (Wildman–Crippen LogP) is 1.16. The number of primary amides is 1. The molecule has 0 saturated heterocycles. The Morgan fingerprint density at radius 2 is 2.06 bits per heavy atom. The summed E-state index contributed by atoms with van der Waals surface area (Å²) in [6, 6.07) is 6.53. The molecule has 1 aliphatic heterocycles. The van der Waals surface area contributed by atoms with Gasteiger partial charge in [-0.05, 0) is 24.6 Å². The topological polar surface area (TPSA) is 84.7 Å². The fourth-order valence-electron chi connectivity index (χ4n) is 1.78. The van der Waals surface area contributed by atoms with Gasteiger partial charge >= 0.3 is 6.03 Å². The molecule has 0 bridgehead atoms. The second-order valence-electron chi connectivity index (χ2n) is 4.27. The number of hydrogen-bond donors (Lipinski definition) is 2. The first-order chi connectivity index (χ1) is 7.90. The molecule has 0 radical (unpaired) electrons. The Balaban J connectivity index is 2.39. The number of halogens is 1. The minimum absolute atomic E-state index is 0.278. The highest BCUT2D eigenvalue weighted by Crippen LogP contribution is 2.22. The van der Waals surface area contributed by atoms with Crippen LogP contribution in [0.4, 0.5) is 4.79 Å². The molecule has 0 aliphatic carbocycles. The van der Waals surface area contributed by atoms with Crippen LogP contribution in [0.2, 0.25) is 5.02 Å². The van der Waals surface area contributed by atoms with Crippen molar-refractivity contribution in [1.29, 1.82) is 0 Å². The van der Waals surface area contributed by atoms with E-state index in [1.165, 1.54) is 5.01 Å². The van der Waals surface area contributed by atoms with Gasteiger partial charge in [0.25, 0.3) is 0 Å². The van der Waals surface area contributed by atoms with Gasteiger partial charge in [-0.2, -0.15) is 5.10 Å². The molecule has 1 atom stereocenters. The Morgan fingerprint density at radius 3 is 2.53 bits per heavy atom. The Hall–Kier alpha value is -1.59. The van der Waals surface area contributed by atoms with E-state index in [2.05, 4.69) is 5.10 Å². The largest absolute Gasteiger partial charge is 0.350 e. The Bertz CT molecular complexity index is 481. The molecule has 1 unspecified atom stereocenters. The van der Waals surface area contributed by atoms with Crippen LogP contribution in [0.25, 0.3) is 0 Å². The van der Waals surface area contributed by atoms with Gasteiger partial charge < -0.3 is 11.5 Å². The molecule has 0 fully saturated rings. The van der Waals surface area contributed by atoms with Gasteiger partial charge in [-0.25, -0.2) is 9.80 Å². The fourth-order valence-corrected chi connectivity index (χ4v) is 1.90. The summed E-state index contributed by atoms with van der Waals surface area (Å²) in [5.74, 6) is 0. The predicted molar refractivity (Wildman–Crippen MR) is 66.9 cm³/mol. The van der Waals surface area contributed by atoms with Gasteiger partial charge in [0.05, 0.1) is 17.8 Å². The average Bonchev–Trinajstić information content (AvgIpc) is 2.56. The molecule has 1 aromatic carbocycles. The van der Waals surface area contributed by atoms with Gasteiger partial charge in [-0.3, -0.25) is 0 Å². The van der Waals surface area contributed by atoms with Crippen molar-refractivity contribution in [2.75, 3.05) is 6.54 Å². The Labute approximate surface area is 104 Å². The summed E-state index contributed by atoms with van der Waals surface area (Å²) in [6.45, 7) is 2.09. The lowest BCUT2D eigenvalue weighted by atomic mass is 9.92. The summed E-state index contributed by atoms with van der Waals surface area (Å²) in [5.41, 5.74) is 12.1. The monoisotopic (exact) mass is 252 g/mol. The molecule has 2 amide bonds. The van der Waals surface area contributed by atoms with Crippen molar-refractivity contribution in [2.24, 2.45) is 16.6 Å². The molecule has 1 aliphatic rings. The molecule has 17 heavy (non-hydrogen) atoms. The maximum atomic E-state index is 11.1. The number of carbonyl (C=O) groups is 1. The van der Waals surface area contributed by atoms with Crippen molar-refractivity contribution in [3.8, 4) is 0 Å². The van der Waals surface area contributed by atoms with Crippen LogP contribution in [0, 0.1) is 0 Å². The van der Waals surface area contributed by atoms with Crippen LogP contribution in [0.15, 0.2) is 29.4 Å². The third kappa shape index (κ3) is 2.25. The van der Waals surface area contributed by atoms with E-state index in [9.17, 15) is 4.79 Å².